The molecule has 0 aliphatic carbocycles. The molecule has 1 saturated heterocycles. The van der Waals surface area contributed by atoms with E-state index >= 15 is 0 Å². The van der Waals surface area contributed by atoms with Crippen LogP contribution >= 0.6 is 0 Å². The lowest BCUT2D eigenvalue weighted by Crippen LogP contribution is -2.31. The molecule has 0 saturated carbocycles. The van der Waals surface area contributed by atoms with Gasteiger partial charge in [-0.1, -0.05) is 0 Å². The van der Waals surface area contributed by atoms with E-state index in [9.17, 15) is 4.79 Å². The monoisotopic (exact) mass is 141 g/mol. The van der Waals surface area contributed by atoms with E-state index in [4.69, 9.17) is 5.73 Å². The average Bonchev–Trinajstić information content (AvgIpc) is 1.88. The number of rotatable bonds is 2. The van der Waals surface area contributed by atoms with E-state index in [1.54, 1.807) is 0 Å². The van der Waals surface area contributed by atoms with Crippen LogP contribution in [0.4, 0.5) is 0 Å². The highest BCUT2D eigenvalue weighted by Gasteiger charge is 2.14. The molecule has 1 aliphatic heterocycles. The van der Waals surface area contributed by atoms with Crippen LogP contribution in [-0.2, 0) is 4.79 Å². The van der Waals surface area contributed by atoms with Crippen LogP contribution < -0.4 is 11.1 Å². The molecule has 2 N–H and O–H groups in total. The molecule has 1 aliphatic rings. The van der Waals surface area contributed by atoms with Gasteiger partial charge in [-0.3, -0.25) is 10.5 Å². The number of nitrogens with one attached hydrogen (secondary N) is 2. The Morgan fingerprint density at radius 3 is 3.00 bits per heavy atom. The maximum absolute atomic E-state index is 10.4. The molecule has 3 nitrogen and oxygen atoms in total. The maximum atomic E-state index is 10.4. The van der Waals surface area contributed by atoms with E-state index in [2.05, 4.69) is 5.32 Å². The molecule has 57 valence electrons. The largest absolute Gasteiger partial charge is 0.316 e. The van der Waals surface area contributed by atoms with Crippen molar-refractivity contribution >= 4 is 5.91 Å². The summed E-state index contributed by atoms with van der Waals surface area (Å²) in [6.45, 7) is 1.99. The highest BCUT2D eigenvalue weighted by Crippen LogP contribution is 2.12. The Bertz CT molecular complexity index is 119. The second kappa shape index (κ2) is 3.56. The summed E-state index contributed by atoms with van der Waals surface area (Å²) in [4.78, 5) is 10.4. The topological polar surface area (TPSA) is 52.9 Å². The van der Waals surface area contributed by atoms with Crippen molar-refractivity contribution in [2.75, 3.05) is 13.1 Å². The minimum Gasteiger partial charge on any atom is -0.316 e. The molecule has 0 aromatic heterocycles. The second-order valence-corrected chi connectivity index (χ2v) is 2.84. The Balaban J connectivity index is 2.19. The van der Waals surface area contributed by atoms with Gasteiger partial charge in [0.1, 0.15) is 0 Å². The van der Waals surface area contributed by atoms with E-state index in [0.29, 0.717) is 12.3 Å². The van der Waals surface area contributed by atoms with Crippen LogP contribution in [0.25, 0.3) is 0 Å². The Labute approximate surface area is 61.0 Å². The van der Waals surface area contributed by atoms with Gasteiger partial charge in [-0.05, 0) is 31.8 Å². The van der Waals surface area contributed by atoms with Gasteiger partial charge in [0.2, 0.25) is 5.91 Å². The van der Waals surface area contributed by atoms with E-state index in [0.717, 1.165) is 25.9 Å². The van der Waals surface area contributed by atoms with Gasteiger partial charge in [0.25, 0.3) is 0 Å². The van der Waals surface area contributed by atoms with Crippen molar-refractivity contribution in [1.29, 1.82) is 0 Å². The smallest absolute Gasteiger partial charge is 0.238 e. The summed E-state index contributed by atoms with van der Waals surface area (Å²) in [6, 6.07) is 0. The van der Waals surface area contributed by atoms with Gasteiger partial charge in [-0.25, -0.2) is 0 Å². The molecular weight excluding hydrogens is 128 g/mol. The van der Waals surface area contributed by atoms with Crippen LogP contribution in [0, 0.1) is 5.92 Å². The molecule has 0 bridgehead atoms. The first-order chi connectivity index (χ1) is 4.79. The molecule has 1 atom stereocenters. The normalized spacial score (nSPS) is 26.2. The summed E-state index contributed by atoms with van der Waals surface area (Å²) in [5.41, 5.74) is 6.75. The van der Waals surface area contributed by atoms with Crippen LogP contribution in [0.2, 0.25) is 0 Å². The predicted octanol–water partition coefficient (Wildman–Crippen LogP) is 0.186. The van der Waals surface area contributed by atoms with E-state index < -0.39 is 5.91 Å². The molecule has 1 amide bonds. The lowest BCUT2D eigenvalue weighted by molar-refractivity contribution is -0.119. The van der Waals surface area contributed by atoms with Crippen molar-refractivity contribution in [2.45, 2.75) is 19.3 Å². The number of hydrogen-bond donors (Lipinski definition) is 1. The van der Waals surface area contributed by atoms with Gasteiger partial charge >= 0.3 is 0 Å². The van der Waals surface area contributed by atoms with Crippen molar-refractivity contribution in [3.63, 3.8) is 0 Å². The molecule has 1 fully saturated rings. The molecule has 1 radical (unpaired) electrons. The van der Waals surface area contributed by atoms with Crippen LogP contribution in [0.5, 0.6) is 0 Å². The first-order valence-electron chi connectivity index (χ1n) is 3.74. The fourth-order valence-electron chi connectivity index (χ4n) is 1.36. The number of hydrogen-bond acceptors (Lipinski definition) is 2. The first-order valence-corrected chi connectivity index (χ1v) is 3.74. The maximum Gasteiger partial charge on any atom is 0.238 e. The zero-order valence-corrected chi connectivity index (χ0v) is 6.02. The van der Waals surface area contributed by atoms with Crippen molar-refractivity contribution in [2.24, 2.45) is 5.92 Å². The first kappa shape index (κ1) is 7.54. The highest BCUT2D eigenvalue weighted by molar-refractivity contribution is 5.73. The van der Waals surface area contributed by atoms with Gasteiger partial charge in [-0.2, -0.15) is 0 Å². The van der Waals surface area contributed by atoms with Crippen molar-refractivity contribution in [3.05, 3.63) is 0 Å². The highest BCUT2D eigenvalue weighted by atomic mass is 16.1. The average molecular weight is 141 g/mol. The van der Waals surface area contributed by atoms with Gasteiger partial charge in [-0.15, -0.1) is 0 Å². The van der Waals surface area contributed by atoms with Crippen molar-refractivity contribution < 1.29 is 4.79 Å². The Morgan fingerprint density at radius 2 is 2.50 bits per heavy atom. The zero-order valence-electron chi connectivity index (χ0n) is 6.02. The van der Waals surface area contributed by atoms with Crippen LogP contribution in [0.3, 0.4) is 0 Å². The molecule has 3 heteroatoms. The summed E-state index contributed by atoms with van der Waals surface area (Å²) < 4.78 is 0. The zero-order chi connectivity index (χ0) is 7.40. The Hall–Kier alpha value is -0.570. The predicted molar refractivity (Wildman–Crippen MR) is 38.3 cm³/mol. The third-order valence-electron chi connectivity index (χ3n) is 1.87. The molecule has 0 aromatic rings. The fraction of sp³-hybridized carbons (Fsp3) is 0.857. The van der Waals surface area contributed by atoms with Crippen LogP contribution in [0.1, 0.15) is 19.3 Å². The van der Waals surface area contributed by atoms with Gasteiger partial charge in [0.15, 0.2) is 0 Å². The van der Waals surface area contributed by atoms with E-state index in [1.165, 1.54) is 0 Å². The van der Waals surface area contributed by atoms with Crippen molar-refractivity contribution in [1.82, 2.24) is 11.1 Å². The number of carbonyl (C=O) groups excluding carboxylic acids is 1. The van der Waals surface area contributed by atoms with Gasteiger partial charge in [0, 0.05) is 6.42 Å². The summed E-state index contributed by atoms with van der Waals surface area (Å²) >= 11 is 0. The molecule has 0 spiro atoms. The third kappa shape index (κ3) is 2.35. The number of amides is 1. The molecule has 1 rings (SSSR count). The summed E-state index contributed by atoms with van der Waals surface area (Å²) in [5.74, 6) is 0.00690. The lowest BCUT2D eigenvalue weighted by atomic mass is 9.96. The standard InChI is InChI=1S/C7H13N2O/c8-7(10)4-6-2-1-3-9-5-6/h6,8-9H,1-5H2/t6-/m0/s1. The number of piperidine rings is 1. The lowest BCUT2D eigenvalue weighted by Gasteiger charge is -2.20. The van der Waals surface area contributed by atoms with Gasteiger partial charge in [0.05, 0.1) is 0 Å². The minimum absolute atomic E-state index is 0.422. The SMILES string of the molecule is [NH]C(=O)C[C@@H]1CCCNC1. The Morgan fingerprint density at radius 1 is 1.70 bits per heavy atom. The van der Waals surface area contributed by atoms with E-state index in [-0.39, 0.29) is 0 Å². The molecule has 1 heterocycles. The molecule has 10 heavy (non-hydrogen) atoms. The quantitative estimate of drug-likeness (QED) is 0.596. The molecule has 0 aromatic carbocycles. The van der Waals surface area contributed by atoms with E-state index in [1.807, 2.05) is 0 Å². The van der Waals surface area contributed by atoms with Crippen LogP contribution in [0.15, 0.2) is 0 Å². The van der Waals surface area contributed by atoms with Crippen LogP contribution in [-0.4, -0.2) is 19.0 Å². The summed E-state index contributed by atoms with van der Waals surface area (Å²) in [7, 11) is 0. The molecular formula is C7H13N2O. The second-order valence-electron chi connectivity index (χ2n) is 2.84. The Kier molecular flexibility index (Phi) is 2.68. The van der Waals surface area contributed by atoms with Crippen molar-refractivity contribution in [3.8, 4) is 0 Å². The fourth-order valence-corrected chi connectivity index (χ4v) is 1.36. The van der Waals surface area contributed by atoms with Gasteiger partial charge < -0.3 is 5.32 Å². The molecule has 0 unspecified atom stereocenters. The summed E-state index contributed by atoms with van der Waals surface area (Å²) in [6.07, 6.45) is 2.70. The third-order valence-corrected chi connectivity index (χ3v) is 1.87. The summed E-state index contributed by atoms with van der Waals surface area (Å²) in [5, 5.41) is 3.20. The number of carbonyl (C=O) groups is 1. The minimum atomic E-state index is -0.422.